The predicted molar refractivity (Wildman–Crippen MR) is 74.7 cm³/mol. The molecule has 0 fully saturated rings. The number of rotatable bonds is 3. The third-order valence-corrected chi connectivity index (χ3v) is 3.24. The van der Waals surface area contributed by atoms with Gasteiger partial charge in [0, 0.05) is 15.1 Å². The second-order valence-electron chi connectivity index (χ2n) is 3.68. The van der Waals surface area contributed by atoms with E-state index in [1.807, 2.05) is 24.3 Å². The van der Waals surface area contributed by atoms with Crippen LogP contribution >= 0.6 is 27.5 Å². The smallest absolute Gasteiger partial charge is 0.338 e. The van der Waals surface area contributed by atoms with Crippen LogP contribution in [0.2, 0.25) is 5.02 Å². The Bertz CT molecular complexity index is 569. The van der Waals surface area contributed by atoms with Crippen LogP contribution in [0.25, 0.3) is 0 Å². The number of carbonyl (C=O) groups is 1. The third kappa shape index (κ3) is 3.34. The van der Waals surface area contributed by atoms with Crippen molar-refractivity contribution in [2.75, 3.05) is 0 Å². The standard InChI is InChI=1S/C14H10BrClO2/c15-12-6-3-5-10(8-12)14(17)18-9-11-4-1-2-7-13(11)16/h1-8H,9H2. The van der Waals surface area contributed by atoms with Crippen molar-refractivity contribution in [3.05, 3.63) is 69.2 Å². The fourth-order valence-electron chi connectivity index (χ4n) is 1.46. The van der Waals surface area contributed by atoms with E-state index in [4.69, 9.17) is 16.3 Å². The zero-order chi connectivity index (χ0) is 13.0. The summed E-state index contributed by atoms with van der Waals surface area (Å²) in [6.45, 7) is 0.172. The molecule has 2 aromatic carbocycles. The van der Waals surface area contributed by atoms with Gasteiger partial charge in [0.15, 0.2) is 0 Å². The van der Waals surface area contributed by atoms with Crippen LogP contribution in [0.3, 0.4) is 0 Å². The number of hydrogen-bond donors (Lipinski definition) is 0. The molecule has 0 radical (unpaired) electrons. The van der Waals surface area contributed by atoms with Crippen LogP contribution in [0.15, 0.2) is 53.0 Å². The number of hydrogen-bond acceptors (Lipinski definition) is 2. The molecule has 0 saturated carbocycles. The van der Waals surface area contributed by atoms with E-state index in [1.54, 1.807) is 24.3 Å². The molecule has 0 spiro atoms. The first-order valence-electron chi connectivity index (χ1n) is 5.33. The molecular formula is C14H10BrClO2. The lowest BCUT2D eigenvalue weighted by Gasteiger charge is -2.06. The molecule has 2 rings (SSSR count). The molecular weight excluding hydrogens is 316 g/mol. The molecule has 0 unspecified atom stereocenters. The van der Waals surface area contributed by atoms with Gasteiger partial charge in [-0.2, -0.15) is 0 Å². The summed E-state index contributed by atoms with van der Waals surface area (Å²) in [5.41, 5.74) is 1.30. The summed E-state index contributed by atoms with van der Waals surface area (Å²) in [7, 11) is 0. The Morgan fingerprint density at radius 2 is 1.94 bits per heavy atom. The Hall–Kier alpha value is -1.32. The minimum absolute atomic E-state index is 0.172. The molecule has 0 N–H and O–H groups in total. The van der Waals surface area contributed by atoms with E-state index in [0.29, 0.717) is 10.6 Å². The van der Waals surface area contributed by atoms with Crippen LogP contribution in [-0.4, -0.2) is 5.97 Å². The number of esters is 1. The fraction of sp³-hybridized carbons (Fsp3) is 0.0714. The van der Waals surface area contributed by atoms with E-state index in [0.717, 1.165) is 10.0 Å². The number of ether oxygens (including phenoxy) is 1. The zero-order valence-corrected chi connectivity index (χ0v) is 11.7. The quantitative estimate of drug-likeness (QED) is 0.779. The first-order chi connectivity index (χ1) is 8.66. The summed E-state index contributed by atoms with van der Waals surface area (Å²) in [6, 6.07) is 14.4. The van der Waals surface area contributed by atoms with Crippen molar-refractivity contribution in [2.24, 2.45) is 0 Å². The van der Waals surface area contributed by atoms with E-state index in [9.17, 15) is 4.79 Å². The maximum Gasteiger partial charge on any atom is 0.338 e. The van der Waals surface area contributed by atoms with Crippen molar-refractivity contribution < 1.29 is 9.53 Å². The SMILES string of the molecule is O=C(OCc1ccccc1Cl)c1cccc(Br)c1. The summed E-state index contributed by atoms with van der Waals surface area (Å²) in [5, 5.41) is 0.597. The van der Waals surface area contributed by atoms with Crippen molar-refractivity contribution in [1.82, 2.24) is 0 Å². The van der Waals surface area contributed by atoms with Gasteiger partial charge in [0.1, 0.15) is 6.61 Å². The van der Waals surface area contributed by atoms with Crippen molar-refractivity contribution in [3.8, 4) is 0 Å². The lowest BCUT2D eigenvalue weighted by molar-refractivity contribution is 0.0473. The van der Waals surface area contributed by atoms with Gasteiger partial charge in [0.25, 0.3) is 0 Å². The highest BCUT2D eigenvalue weighted by Crippen LogP contribution is 2.17. The molecule has 0 aliphatic carbocycles. The van der Waals surface area contributed by atoms with E-state index in [2.05, 4.69) is 15.9 Å². The van der Waals surface area contributed by atoms with Gasteiger partial charge in [-0.25, -0.2) is 4.79 Å². The topological polar surface area (TPSA) is 26.3 Å². The fourth-order valence-corrected chi connectivity index (χ4v) is 2.05. The summed E-state index contributed by atoms with van der Waals surface area (Å²) in [4.78, 5) is 11.8. The van der Waals surface area contributed by atoms with E-state index < -0.39 is 0 Å². The van der Waals surface area contributed by atoms with Gasteiger partial charge in [-0.1, -0.05) is 51.8 Å². The summed E-state index contributed by atoms with van der Waals surface area (Å²) in [6.07, 6.45) is 0. The second kappa shape index (κ2) is 6.03. The van der Waals surface area contributed by atoms with Crippen LogP contribution in [0.5, 0.6) is 0 Å². The van der Waals surface area contributed by atoms with Crippen molar-refractivity contribution in [3.63, 3.8) is 0 Å². The van der Waals surface area contributed by atoms with Crippen molar-refractivity contribution >= 4 is 33.5 Å². The molecule has 0 aliphatic rings. The Labute approximate surface area is 119 Å². The Morgan fingerprint density at radius 3 is 2.67 bits per heavy atom. The lowest BCUT2D eigenvalue weighted by Crippen LogP contribution is -2.05. The largest absolute Gasteiger partial charge is 0.457 e. The normalized spacial score (nSPS) is 10.1. The van der Waals surface area contributed by atoms with Crippen molar-refractivity contribution in [2.45, 2.75) is 6.61 Å². The minimum Gasteiger partial charge on any atom is -0.457 e. The van der Waals surface area contributed by atoms with Gasteiger partial charge in [-0.3, -0.25) is 0 Å². The molecule has 92 valence electrons. The summed E-state index contributed by atoms with van der Waals surface area (Å²) in [5.74, 6) is -0.365. The average Bonchev–Trinajstić information content (AvgIpc) is 2.37. The average molecular weight is 326 g/mol. The highest BCUT2D eigenvalue weighted by molar-refractivity contribution is 9.10. The summed E-state index contributed by atoms with van der Waals surface area (Å²) < 4.78 is 6.05. The highest BCUT2D eigenvalue weighted by Gasteiger charge is 2.08. The molecule has 0 amide bonds. The molecule has 0 heterocycles. The Morgan fingerprint density at radius 1 is 1.17 bits per heavy atom. The molecule has 2 nitrogen and oxygen atoms in total. The lowest BCUT2D eigenvalue weighted by atomic mass is 10.2. The molecule has 0 atom stereocenters. The van der Waals surface area contributed by atoms with Crippen LogP contribution < -0.4 is 0 Å². The van der Waals surface area contributed by atoms with Gasteiger partial charge in [0.2, 0.25) is 0 Å². The molecule has 0 aliphatic heterocycles. The maximum absolute atomic E-state index is 11.8. The van der Waals surface area contributed by atoms with Crippen molar-refractivity contribution in [1.29, 1.82) is 0 Å². The minimum atomic E-state index is -0.365. The first kappa shape index (κ1) is 13.1. The maximum atomic E-state index is 11.8. The Kier molecular flexibility index (Phi) is 4.39. The van der Waals surface area contributed by atoms with Gasteiger partial charge in [0.05, 0.1) is 5.56 Å². The second-order valence-corrected chi connectivity index (χ2v) is 5.00. The van der Waals surface area contributed by atoms with E-state index in [1.165, 1.54) is 0 Å². The van der Waals surface area contributed by atoms with Gasteiger partial charge < -0.3 is 4.74 Å². The van der Waals surface area contributed by atoms with Crippen LogP contribution in [0.1, 0.15) is 15.9 Å². The van der Waals surface area contributed by atoms with Gasteiger partial charge in [-0.05, 0) is 24.3 Å². The predicted octanol–water partition coefficient (Wildman–Crippen LogP) is 4.46. The van der Waals surface area contributed by atoms with Gasteiger partial charge in [-0.15, -0.1) is 0 Å². The Balaban J connectivity index is 2.03. The van der Waals surface area contributed by atoms with Gasteiger partial charge >= 0.3 is 5.97 Å². The first-order valence-corrected chi connectivity index (χ1v) is 6.50. The number of carbonyl (C=O) groups excluding carboxylic acids is 1. The van der Waals surface area contributed by atoms with Crippen LogP contribution in [-0.2, 0) is 11.3 Å². The monoisotopic (exact) mass is 324 g/mol. The van der Waals surface area contributed by atoms with Crippen LogP contribution in [0, 0.1) is 0 Å². The van der Waals surface area contributed by atoms with Crippen LogP contribution in [0.4, 0.5) is 0 Å². The summed E-state index contributed by atoms with van der Waals surface area (Å²) >= 11 is 9.29. The molecule has 0 aromatic heterocycles. The molecule has 18 heavy (non-hydrogen) atoms. The molecule has 0 bridgehead atoms. The zero-order valence-electron chi connectivity index (χ0n) is 9.40. The van der Waals surface area contributed by atoms with E-state index in [-0.39, 0.29) is 12.6 Å². The molecule has 4 heteroatoms. The number of halogens is 2. The highest BCUT2D eigenvalue weighted by atomic mass is 79.9. The molecule has 0 saturated heterocycles. The molecule has 2 aromatic rings. The number of benzene rings is 2. The third-order valence-electron chi connectivity index (χ3n) is 2.38. The van der Waals surface area contributed by atoms with E-state index >= 15 is 0 Å².